The smallest absolute Gasteiger partial charge is 0.435 e. The lowest BCUT2D eigenvalue weighted by Crippen LogP contribution is -2.28. The average Bonchev–Trinajstić information content (AvgIpc) is 3.57. The minimum atomic E-state index is -4.25. The van der Waals surface area contributed by atoms with Crippen molar-refractivity contribution in [2.75, 3.05) is 4.72 Å². The number of nitrogens with zero attached hydrogens (tertiary/aromatic N) is 3. The molecule has 2 heterocycles. The first-order chi connectivity index (χ1) is 22.1. The first-order valence-electron chi connectivity index (χ1n) is 15.8. The lowest BCUT2D eigenvalue weighted by molar-refractivity contribution is 0.0521. The van der Waals surface area contributed by atoms with Gasteiger partial charge in [0.05, 0.1) is 22.4 Å². The molecule has 2 aliphatic carbocycles. The minimum absolute atomic E-state index is 0.0184. The van der Waals surface area contributed by atoms with Gasteiger partial charge in [-0.15, -0.1) is 0 Å². The highest BCUT2D eigenvalue weighted by molar-refractivity contribution is 7.87. The molecule has 0 bridgehead atoms. The lowest BCUT2D eigenvalue weighted by Gasteiger charge is -2.20. The largest absolute Gasteiger partial charge is 0.442 e. The Morgan fingerprint density at radius 2 is 1.55 bits per heavy atom. The van der Waals surface area contributed by atoms with Gasteiger partial charge in [0.15, 0.2) is 0 Å². The van der Waals surface area contributed by atoms with Crippen LogP contribution in [0.25, 0.3) is 21.8 Å². The Balaban J connectivity index is 0.000000193. The molecule has 2 aromatic carbocycles. The zero-order chi connectivity index (χ0) is 34.0. The molecule has 16 heteroatoms. The SMILES string of the molecule is CC(C)(C)OC(=O)n1nc(C2CCCCC2)c2ccc(OS(N)(=O)=O)cc21.O=S(=O)(O)Nc1ccc2c(C3CCCCC3)[nH]nc2c1. The summed E-state index contributed by atoms with van der Waals surface area (Å²) in [6.45, 7) is 5.32. The summed E-state index contributed by atoms with van der Waals surface area (Å²) < 4.78 is 66.3. The molecule has 0 unspecified atom stereocenters. The monoisotopic (exact) mass is 690 g/mol. The molecule has 0 saturated heterocycles. The number of aromatic nitrogens is 4. The van der Waals surface area contributed by atoms with E-state index in [2.05, 4.69) is 15.3 Å². The molecule has 256 valence electrons. The topological polar surface area (TPSA) is 209 Å². The summed E-state index contributed by atoms with van der Waals surface area (Å²) in [5, 5.41) is 18.6. The second-order valence-electron chi connectivity index (χ2n) is 13.1. The van der Waals surface area contributed by atoms with Crippen LogP contribution in [-0.2, 0) is 25.3 Å². The first-order valence-corrected chi connectivity index (χ1v) is 18.7. The molecule has 2 saturated carbocycles. The third-order valence-electron chi connectivity index (χ3n) is 8.30. The number of nitrogens with one attached hydrogen (secondary N) is 2. The van der Waals surface area contributed by atoms with Gasteiger partial charge in [0.25, 0.3) is 0 Å². The highest BCUT2D eigenvalue weighted by Gasteiger charge is 2.27. The minimum Gasteiger partial charge on any atom is -0.442 e. The highest BCUT2D eigenvalue weighted by atomic mass is 32.2. The van der Waals surface area contributed by atoms with Gasteiger partial charge in [-0.3, -0.25) is 14.4 Å². The molecule has 6 rings (SSSR count). The third kappa shape index (κ3) is 9.21. The van der Waals surface area contributed by atoms with E-state index in [1.54, 1.807) is 39.0 Å². The molecule has 47 heavy (non-hydrogen) atoms. The van der Waals surface area contributed by atoms with Crippen molar-refractivity contribution in [2.24, 2.45) is 5.14 Å². The van der Waals surface area contributed by atoms with Crippen molar-refractivity contribution in [3.63, 3.8) is 0 Å². The van der Waals surface area contributed by atoms with Gasteiger partial charge in [0.2, 0.25) is 0 Å². The van der Waals surface area contributed by atoms with Crippen LogP contribution in [0.4, 0.5) is 10.5 Å². The van der Waals surface area contributed by atoms with Crippen molar-refractivity contribution in [1.29, 1.82) is 0 Å². The second kappa shape index (κ2) is 13.8. The number of rotatable bonds is 6. The summed E-state index contributed by atoms with van der Waals surface area (Å²) >= 11 is 0. The first kappa shape index (κ1) is 34.6. The number of hydrogen-bond acceptors (Lipinski definition) is 9. The molecule has 2 fully saturated rings. The molecule has 0 atom stereocenters. The zero-order valence-electron chi connectivity index (χ0n) is 26.7. The molecule has 2 aromatic heterocycles. The Labute approximate surface area is 274 Å². The highest BCUT2D eigenvalue weighted by Crippen LogP contribution is 2.38. The van der Waals surface area contributed by atoms with Gasteiger partial charge in [-0.05, 0) is 76.8 Å². The number of H-pyrrole nitrogens is 1. The summed E-state index contributed by atoms with van der Waals surface area (Å²) in [6, 6.07) is 9.77. The van der Waals surface area contributed by atoms with Crippen molar-refractivity contribution < 1.29 is 35.1 Å². The zero-order valence-corrected chi connectivity index (χ0v) is 28.4. The maximum Gasteiger partial charge on any atom is 0.435 e. The predicted octanol–water partition coefficient (Wildman–Crippen LogP) is 6.27. The van der Waals surface area contributed by atoms with Crippen LogP contribution < -0.4 is 14.0 Å². The Hall–Kier alpha value is -3.73. The Kier molecular flexibility index (Phi) is 10.1. The molecule has 2 aliphatic rings. The van der Waals surface area contributed by atoms with E-state index in [4.69, 9.17) is 18.6 Å². The van der Waals surface area contributed by atoms with E-state index >= 15 is 0 Å². The van der Waals surface area contributed by atoms with Crippen LogP contribution in [0.3, 0.4) is 0 Å². The molecule has 0 spiro atoms. The summed E-state index contributed by atoms with van der Waals surface area (Å²) in [5.74, 6) is 0.786. The summed E-state index contributed by atoms with van der Waals surface area (Å²) in [4.78, 5) is 12.7. The molecular formula is C31H42N6O8S2. The molecule has 4 aromatic rings. The Bertz CT molecular complexity index is 1950. The van der Waals surface area contributed by atoms with Crippen LogP contribution >= 0.6 is 0 Å². The maximum absolute atomic E-state index is 12.7. The number of hydrogen-bond donors (Lipinski definition) is 4. The Morgan fingerprint density at radius 3 is 2.15 bits per heavy atom. The van der Waals surface area contributed by atoms with E-state index in [9.17, 15) is 21.6 Å². The molecular weight excluding hydrogens is 649 g/mol. The summed E-state index contributed by atoms with van der Waals surface area (Å²) in [5.41, 5.74) is 2.73. The van der Waals surface area contributed by atoms with E-state index in [0.717, 1.165) is 47.8 Å². The van der Waals surface area contributed by atoms with E-state index in [1.807, 2.05) is 10.8 Å². The van der Waals surface area contributed by atoms with Crippen LogP contribution in [0.2, 0.25) is 0 Å². The van der Waals surface area contributed by atoms with Crippen LogP contribution in [0, 0.1) is 0 Å². The van der Waals surface area contributed by atoms with E-state index in [1.165, 1.54) is 55.3 Å². The molecule has 0 aliphatic heterocycles. The van der Waals surface area contributed by atoms with Crippen LogP contribution in [0.15, 0.2) is 36.4 Å². The summed E-state index contributed by atoms with van der Waals surface area (Å²) in [7, 11) is -8.41. The average molecular weight is 691 g/mol. The summed E-state index contributed by atoms with van der Waals surface area (Å²) in [6.07, 6.45) is 11.0. The number of anilines is 1. The fraction of sp³-hybridized carbons (Fsp3) is 0.516. The van der Waals surface area contributed by atoms with Gasteiger partial charge >= 0.3 is 26.7 Å². The molecule has 5 N–H and O–H groups in total. The van der Waals surface area contributed by atoms with Gasteiger partial charge < -0.3 is 8.92 Å². The molecule has 0 amide bonds. The predicted molar refractivity (Wildman–Crippen MR) is 178 cm³/mol. The number of ether oxygens (including phenoxy) is 1. The van der Waals surface area contributed by atoms with E-state index in [0.29, 0.717) is 22.6 Å². The number of benzene rings is 2. The fourth-order valence-electron chi connectivity index (χ4n) is 6.37. The van der Waals surface area contributed by atoms with Crippen molar-refractivity contribution in [1.82, 2.24) is 20.0 Å². The number of aromatic amines is 1. The molecule has 14 nitrogen and oxygen atoms in total. The number of carbonyl (C=O) groups is 1. The Morgan fingerprint density at radius 1 is 0.936 bits per heavy atom. The van der Waals surface area contributed by atoms with Gasteiger partial charge in [0.1, 0.15) is 11.4 Å². The van der Waals surface area contributed by atoms with Crippen molar-refractivity contribution >= 4 is 54.2 Å². The van der Waals surface area contributed by atoms with E-state index in [-0.39, 0.29) is 11.7 Å². The standard InChI is InChI=1S/C18H25N3O5S.C13H17N3O3S/c1-18(2,3)25-17(22)21-15-11-13(26-27(19,23)24)9-10-14(15)16(20-21)12-7-5-4-6-8-12;17-20(18,19)16-10-6-7-11-12(8-10)14-15-13(11)9-4-2-1-3-5-9/h9-12H,4-8H2,1-3H3,(H2,19,23,24);6-9,16H,1-5H2,(H,14,15)(H,17,18,19). The number of carbonyl (C=O) groups excluding carboxylic acids is 1. The fourth-order valence-corrected chi connectivity index (χ4v) is 7.17. The van der Waals surface area contributed by atoms with E-state index < -0.39 is 32.3 Å². The van der Waals surface area contributed by atoms with Gasteiger partial charge in [-0.2, -0.15) is 36.9 Å². The third-order valence-corrected chi connectivity index (χ3v) is 9.22. The second-order valence-corrected chi connectivity index (χ2v) is 15.5. The number of nitrogens with two attached hydrogens (primary N) is 1. The number of fused-ring (bicyclic) bond motifs is 2. The maximum atomic E-state index is 12.7. The van der Waals surface area contributed by atoms with Gasteiger partial charge in [-0.1, -0.05) is 38.5 Å². The van der Waals surface area contributed by atoms with Crippen molar-refractivity contribution in [2.45, 2.75) is 102 Å². The van der Waals surface area contributed by atoms with Crippen LogP contribution in [0.5, 0.6) is 5.75 Å². The molecule has 0 radical (unpaired) electrons. The van der Waals surface area contributed by atoms with Gasteiger partial charge in [-0.25, -0.2) is 4.79 Å². The van der Waals surface area contributed by atoms with Crippen LogP contribution in [-0.4, -0.2) is 53.1 Å². The van der Waals surface area contributed by atoms with Crippen molar-refractivity contribution in [3.8, 4) is 5.75 Å². The quantitative estimate of drug-likeness (QED) is 0.167. The normalized spacial score (nSPS) is 16.9. The lowest BCUT2D eigenvalue weighted by atomic mass is 9.86. The van der Waals surface area contributed by atoms with Gasteiger partial charge in [0, 0.05) is 34.4 Å². The van der Waals surface area contributed by atoms with Crippen LogP contribution in [0.1, 0.15) is 108 Å². The van der Waals surface area contributed by atoms with Crippen molar-refractivity contribution in [3.05, 3.63) is 47.8 Å².